The normalized spacial score (nSPS) is 14.2. The summed E-state index contributed by atoms with van der Waals surface area (Å²) in [5, 5.41) is 11.6. The van der Waals surface area contributed by atoms with Crippen LogP contribution in [0.5, 0.6) is 0 Å². The van der Waals surface area contributed by atoms with Crippen molar-refractivity contribution in [1.29, 1.82) is 0 Å². The molecule has 0 aliphatic carbocycles. The van der Waals surface area contributed by atoms with Crippen LogP contribution in [0.15, 0.2) is 42.5 Å². The first-order valence-corrected chi connectivity index (χ1v) is 11.4. The highest BCUT2D eigenvalue weighted by Gasteiger charge is 2.31. The van der Waals surface area contributed by atoms with Crippen molar-refractivity contribution in [3.8, 4) is 0 Å². The van der Waals surface area contributed by atoms with Crippen molar-refractivity contribution >= 4 is 11.8 Å². The Hall–Kier alpha value is -3.83. The molecule has 1 fully saturated rings. The van der Waals surface area contributed by atoms with Gasteiger partial charge in [-0.15, -0.1) is 10.2 Å². The molecular formula is C24H24F4N6O2. The Morgan fingerprint density at radius 3 is 2.31 bits per heavy atom. The van der Waals surface area contributed by atoms with Gasteiger partial charge in [0.2, 0.25) is 5.91 Å². The van der Waals surface area contributed by atoms with Gasteiger partial charge in [-0.1, -0.05) is 18.2 Å². The zero-order valence-electron chi connectivity index (χ0n) is 19.5. The molecule has 2 amide bonds. The van der Waals surface area contributed by atoms with Gasteiger partial charge in [-0.25, -0.2) is 4.39 Å². The predicted molar refractivity (Wildman–Crippen MR) is 120 cm³/mol. The van der Waals surface area contributed by atoms with Gasteiger partial charge < -0.3 is 9.80 Å². The second-order valence-corrected chi connectivity index (χ2v) is 8.50. The van der Waals surface area contributed by atoms with E-state index < -0.39 is 23.5 Å². The maximum atomic E-state index is 13.9. The van der Waals surface area contributed by atoms with Crippen LogP contribution in [-0.4, -0.2) is 68.0 Å². The fourth-order valence-electron chi connectivity index (χ4n) is 4.10. The lowest BCUT2D eigenvalue weighted by Crippen LogP contribution is -2.50. The second kappa shape index (κ2) is 10.4. The molecular weight excluding hydrogens is 480 g/mol. The highest BCUT2D eigenvalue weighted by Crippen LogP contribution is 2.31. The van der Waals surface area contributed by atoms with Gasteiger partial charge in [0.1, 0.15) is 5.82 Å². The molecule has 3 aromatic rings. The van der Waals surface area contributed by atoms with E-state index in [4.69, 9.17) is 0 Å². The van der Waals surface area contributed by atoms with Crippen LogP contribution >= 0.6 is 0 Å². The number of carbonyl (C=O) groups is 2. The minimum Gasteiger partial charge on any atom is -0.339 e. The molecule has 1 aliphatic heterocycles. The molecule has 1 saturated heterocycles. The number of tetrazole rings is 1. The summed E-state index contributed by atoms with van der Waals surface area (Å²) in [6, 6.07) is 9.16. The largest absolute Gasteiger partial charge is 0.416 e. The van der Waals surface area contributed by atoms with Gasteiger partial charge in [-0.05, 0) is 54.0 Å². The predicted octanol–water partition coefficient (Wildman–Crippen LogP) is 3.10. The second-order valence-electron chi connectivity index (χ2n) is 8.50. The average molecular weight is 504 g/mol. The number of hydrogen-bond acceptors (Lipinski definition) is 5. The smallest absolute Gasteiger partial charge is 0.339 e. The molecule has 0 saturated carbocycles. The zero-order chi connectivity index (χ0) is 25.9. The van der Waals surface area contributed by atoms with Crippen molar-refractivity contribution in [3.05, 3.63) is 76.4 Å². The van der Waals surface area contributed by atoms with E-state index in [2.05, 4.69) is 15.4 Å². The van der Waals surface area contributed by atoms with Crippen molar-refractivity contribution in [1.82, 2.24) is 30.0 Å². The minimum absolute atomic E-state index is 0.00881. The van der Waals surface area contributed by atoms with Gasteiger partial charge in [0.05, 0.1) is 17.7 Å². The standard InChI is InChI=1S/C24H24F4N6O2/c1-16-29-31-34(30-16)15-18-14-19(24(26,27)28)8-6-17(18)7-9-22(35)32-10-12-33(13-11-32)23(36)20-4-2-3-5-21(20)25/h2-6,8,14H,7,9-13,15H2,1H3. The molecule has 1 aromatic heterocycles. The third kappa shape index (κ3) is 5.86. The number of carbonyl (C=O) groups excluding carboxylic acids is 2. The summed E-state index contributed by atoms with van der Waals surface area (Å²) >= 11 is 0. The summed E-state index contributed by atoms with van der Waals surface area (Å²) in [7, 11) is 0. The van der Waals surface area contributed by atoms with Gasteiger partial charge in [0.15, 0.2) is 5.82 Å². The summed E-state index contributed by atoms with van der Waals surface area (Å²) in [6.45, 7) is 2.73. The van der Waals surface area contributed by atoms with Gasteiger partial charge in [-0.3, -0.25) is 9.59 Å². The molecule has 1 aliphatic rings. The van der Waals surface area contributed by atoms with Crippen LogP contribution in [0.2, 0.25) is 0 Å². The summed E-state index contributed by atoms with van der Waals surface area (Å²) in [4.78, 5) is 29.7. The van der Waals surface area contributed by atoms with E-state index in [1.807, 2.05) is 0 Å². The molecule has 2 heterocycles. The number of halogens is 4. The highest BCUT2D eigenvalue weighted by molar-refractivity contribution is 5.94. The molecule has 2 aromatic carbocycles. The Kier molecular flexibility index (Phi) is 7.32. The van der Waals surface area contributed by atoms with E-state index in [0.29, 0.717) is 30.0 Å². The molecule has 190 valence electrons. The molecule has 0 atom stereocenters. The molecule has 8 nitrogen and oxygen atoms in total. The number of amides is 2. The van der Waals surface area contributed by atoms with Crippen LogP contribution in [0.25, 0.3) is 0 Å². The van der Waals surface area contributed by atoms with Crippen LogP contribution in [0.1, 0.15) is 39.3 Å². The lowest BCUT2D eigenvalue weighted by molar-refractivity contribution is -0.137. The molecule has 0 unspecified atom stereocenters. The lowest BCUT2D eigenvalue weighted by atomic mass is 9.99. The third-order valence-electron chi connectivity index (χ3n) is 6.03. The maximum Gasteiger partial charge on any atom is 0.416 e. The quantitative estimate of drug-likeness (QED) is 0.482. The summed E-state index contributed by atoms with van der Waals surface area (Å²) < 4.78 is 53.7. The SMILES string of the molecule is Cc1nnn(Cc2cc(C(F)(F)F)ccc2CCC(=O)N2CCN(C(=O)c3ccccc3F)CC2)n1. The van der Waals surface area contributed by atoms with Crippen LogP contribution in [0.4, 0.5) is 17.6 Å². The van der Waals surface area contributed by atoms with Crippen molar-refractivity contribution in [2.24, 2.45) is 0 Å². The zero-order valence-corrected chi connectivity index (χ0v) is 19.5. The summed E-state index contributed by atoms with van der Waals surface area (Å²) in [5.74, 6) is -0.795. The van der Waals surface area contributed by atoms with Gasteiger partial charge >= 0.3 is 6.18 Å². The number of aromatic nitrogens is 4. The van der Waals surface area contributed by atoms with Crippen LogP contribution in [-0.2, 0) is 23.9 Å². The number of rotatable bonds is 6. The van der Waals surface area contributed by atoms with Gasteiger partial charge in [0.25, 0.3) is 5.91 Å². The molecule has 0 spiro atoms. The van der Waals surface area contributed by atoms with Crippen LogP contribution in [0.3, 0.4) is 0 Å². The Morgan fingerprint density at radius 1 is 0.972 bits per heavy atom. The number of nitrogens with zero attached hydrogens (tertiary/aromatic N) is 6. The number of hydrogen-bond donors (Lipinski definition) is 0. The lowest BCUT2D eigenvalue weighted by Gasteiger charge is -2.35. The fourth-order valence-corrected chi connectivity index (χ4v) is 4.10. The molecule has 0 bridgehead atoms. The van der Waals surface area contributed by atoms with Crippen molar-refractivity contribution < 1.29 is 27.2 Å². The first kappa shape index (κ1) is 25.3. The molecule has 36 heavy (non-hydrogen) atoms. The van der Waals surface area contributed by atoms with Crippen LogP contribution < -0.4 is 0 Å². The Morgan fingerprint density at radius 2 is 1.67 bits per heavy atom. The summed E-state index contributed by atoms with van der Waals surface area (Å²) in [5.41, 5.74) is 0.138. The molecule has 0 N–H and O–H groups in total. The Labute approximate surface area is 204 Å². The number of alkyl halides is 3. The van der Waals surface area contributed by atoms with Crippen LogP contribution in [0, 0.1) is 12.7 Å². The van der Waals surface area contributed by atoms with Crippen molar-refractivity contribution in [2.75, 3.05) is 26.2 Å². The van der Waals surface area contributed by atoms with Gasteiger partial charge in [-0.2, -0.15) is 18.0 Å². The van der Waals surface area contributed by atoms with Gasteiger partial charge in [0, 0.05) is 32.6 Å². The molecule has 0 radical (unpaired) electrons. The average Bonchev–Trinajstić information content (AvgIpc) is 3.26. The number of aryl methyl sites for hydroxylation is 2. The van der Waals surface area contributed by atoms with E-state index in [0.717, 1.165) is 12.1 Å². The summed E-state index contributed by atoms with van der Waals surface area (Å²) in [6.07, 6.45) is -4.19. The maximum absolute atomic E-state index is 13.9. The highest BCUT2D eigenvalue weighted by atomic mass is 19.4. The van der Waals surface area contributed by atoms with Crippen molar-refractivity contribution in [3.63, 3.8) is 0 Å². The Balaban J connectivity index is 1.38. The number of benzene rings is 2. The minimum atomic E-state index is -4.51. The third-order valence-corrected chi connectivity index (χ3v) is 6.03. The fraction of sp³-hybridized carbons (Fsp3) is 0.375. The topological polar surface area (TPSA) is 84.2 Å². The first-order chi connectivity index (χ1) is 17.1. The first-order valence-electron chi connectivity index (χ1n) is 11.4. The van der Waals surface area contributed by atoms with E-state index in [-0.39, 0.29) is 43.9 Å². The monoisotopic (exact) mass is 504 g/mol. The van der Waals surface area contributed by atoms with E-state index in [1.165, 1.54) is 34.0 Å². The number of piperazine rings is 1. The van der Waals surface area contributed by atoms with E-state index in [9.17, 15) is 27.2 Å². The van der Waals surface area contributed by atoms with Crippen molar-refractivity contribution in [2.45, 2.75) is 32.5 Å². The Bertz CT molecular complexity index is 1250. The van der Waals surface area contributed by atoms with E-state index in [1.54, 1.807) is 17.9 Å². The molecule has 12 heteroatoms. The van der Waals surface area contributed by atoms with E-state index >= 15 is 0 Å². The molecule has 4 rings (SSSR count).